The lowest BCUT2D eigenvalue weighted by Gasteiger charge is -2.09. The Kier molecular flexibility index (Phi) is 5.39. The van der Waals surface area contributed by atoms with Crippen molar-refractivity contribution in [2.75, 3.05) is 10.6 Å². The van der Waals surface area contributed by atoms with Crippen LogP contribution in [0.2, 0.25) is 0 Å². The van der Waals surface area contributed by atoms with Gasteiger partial charge in [-0.05, 0) is 48.9 Å². The Morgan fingerprint density at radius 2 is 1.72 bits per heavy atom. The fourth-order valence-corrected chi connectivity index (χ4v) is 3.90. The molecule has 0 atom stereocenters. The Hall–Kier alpha value is -3.45. The molecular formula is C22H20N4O2S. The lowest BCUT2D eigenvalue weighted by molar-refractivity contribution is -0.116. The quantitative estimate of drug-likeness (QED) is 0.499. The van der Waals surface area contributed by atoms with Crippen LogP contribution in [0.25, 0.3) is 10.2 Å². The summed E-state index contributed by atoms with van der Waals surface area (Å²) in [6.45, 7) is 1.96. The highest BCUT2D eigenvalue weighted by Gasteiger charge is 2.11. The second kappa shape index (κ2) is 8.28. The number of nitrogens with one attached hydrogen (secondary N) is 2. The molecule has 1 amide bonds. The minimum absolute atomic E-state index is 0.0803. The smallest absolute Gasteiger partial charge is 0.262 e. The number of thiophene rings is 1. The lowest BCUT2D eigenvalue weighted by atomic mass is 10.2. The molecule has 0 bridgehead atoms. The first kappa shape index (κ1) is 18.9. The molecular weight excluding hydrogens is 384 g/mol. The SMILES string of the molecule is CCc1cc2c(=O)n(CC(=O)Nc3ccc(Nc4ccccc4)cc3)cnc2s1. The van der Waals surface area contributed by atoms with Crippen LogP contribution < -0.4 is 16.2 Å². The van der Waals surface area contributed by atoms with E-state index in [1.54, 1.807) is 0 Å². The molecule has 6 nitrogen and oxygen atoms in total. The summed E-state index contributed by atoms with van der Waals surface area (Å²) in [6.07, 6.45) is 2.29. The third kappa shape index (κ3) is 4.35. The molecule has 4 aromatic rings. The minimum Gasteiger partial charge on any atom is -0.356 e. The highest BCUT2D eigenvalue weighted by molar-refractivity contribution is 7.18. The number of aromatic nitrogens is 2. The summed E-state index contributed by atoms with van der Waals surface area (Å²) in [5.74, 6) is -0.275. The van der Waals surface area contributed by atoms with Gasteiger partial charge in [0.15, 0.2) is 0 Å². The third-order valence-electron chi connectivity index (χ3n) is 4.46. The fraction of sp³-hybridized carbons (Fsp3) is 0.136. The van der Waals surface area contributed by atoms with E-state index in [1.807, 2.05) is 67.6 Å². The Balaban J connectivity index is 1.42. The molecule has 4 rings (SSSR count). The molecule has 0 aliphatic rings. The molecule has 0 saturated carbocycles. The summed E-state index contributed by atoms with van der Waals surface area (Å²) in [5, 5.41) is 6.68. The predicted molar refractivity (Wildman–Crippen MR) is 118 cm³/mol. The summed E-state index contributed by atoms with van der Waals surface area (Å²) in [7, 11) is 0. The second-order valence-corrected chi connectivity index (χ2v) is 7.69. The van der Waals surface area contributed by atoms with Crippen LogP contribution in [-0.2, 0) is 17.8 Å². The molecule has 0 aliphatic carbocycles. The van der Waals surface area contributed by atoms with Gasteiger partial charge in [0.1, 0.15) is 11.4 Å². The van der Waals surface area contributed by atoms with Gasteiger partial charge in [-0.25, -0.2) is 4.98 Å². The van der Waals surface area contributed by atoms with Crippen LogP contribution in [0.15, 0.2) is 71.8 Å². The number of hydrogen-bond acceptors (Lipinski definition) is 5. The van der Waals surface area contributed by atoms with E-state index in [4.69, 9.17) is 0 Å². The van der Waals surface area contributed by atoms with Gasteiger partial charge in [0.25, 0.3) is 5.56 Å². The highest BCUT2D eigenvalue weighted by atomic mass is 32.1. The molecule has 0 aliphatic heterocycles. The third-order valence-corrected chi connectivity index (χ3v) is 5.65. The molecule has 7 heteroatoms. The van der Waals surface area contributed by atoms with Crippen molar-refractivity contribution in [3.05, 3.63) is 82.2 Å². The number of benzene rings is 2. The van der Waals surface area contributed by atoms with Crippen molar-refractivity contribution >= 4 is 44.5 Å². The standard InChI is InChI=1S/C22H20N4O2S/c1-2-18-12-19-21(29-18)23-14-26(22(19)28)13-20(27)25-17-10-8-16(9-11-17)24-15-6-4-3-5-7-15/h3-12,14,24H,2,13H2,1H3,(H,25,27). The fourth-order valence-electron chi connectivity index (χ4n) is 2.98. The van der Waals surface area contributed by atoms with Gasteiger partial charge in [0.2, 0.25) is 5.91 Å². The van der Waals surface area contributed by atoms with Gasteiger partial charge in [0.05, 0.1) is 11.7 Å². The first-order valence-electron chi connectivity index (χ1n) is 9.32. The Morgan fingerprint density at radius 1 is 1.03 bits per heavy atom. The number of rotatable bonds is 6. The maximum absolute atomic E-state index is 12.6. The molecule has 0 spiro atoms. The molecule has 0 saturated heterocycles. The van der Waals surface area contributed by atoms with E-state index < -0.39 is 0 Å². The molecule has 146 valence electrons. The van der Waals surface area contributed by atoms with E-state index >= 15 is 0 Å². The summed E-state index contributed by atoms with van der Waals surface area (Å²) < 4.78 is 1.34. The molecule has 29 heavy (non-hydrogen) atoms. The average molecular weight is 404 g/mol. The van der Waals surface area contributed by atoms with Crippen LogP contribution in [0.5, 0.6) is 0 Å². The summed E-state index contributed by atoms with van der Waals surface area (Å²) >= 11 is 1.51. The van der Waals surface area contributed by atoms with Crippen LogP contribution >= 0.6 is 11.3 Å². The molecule has 2 aromatic heterocycles. The summed E-state index contributed by atoms with van der Waals surface area (Å²) in [5.41, 5.74) is 2.39. The van der Waals surface area contributed by atoms with E-state index in [9.17, 15) is 9.59 Å². The first-order chi connectivity index (χ1) is 14.1. The monoisotopic (exact) mass is 404 g/mol. The van der Waals surface area contributed by atoms with Crippen molar-refractivity contribution < 1.29 is 4.79 Å². The number of para-hydroxylation sites is 1. The van der Waals surface area contributed by atoms with Gasteiger partial charge >= 0.3 is 0 Å². The molecule has 2 heterocycles. The topological polar surface area (TPSA) is 76.0 Å². The number of anilines is 3. The van der Waals surface area contributed by atoms with Crippen LogP contribution in [0.1, 0.15) is 11.8 Å². The van der Waals surface area contributed by atoms with Crippen molar-refractivity contribution in [1.29, 1.82) is 0 Å². The van der Waals surface area contributed by atoms with Crippen LogP contribution in [-0.4, -0.2) is 15.5 Å². The number of carbonyl (C=O) groups excluding carboxylic acids is 1. The zero-order valence-corrected chi connectivity index (χ0v) is 16.7. The van der Waals surface area contributed by atoms with Crippen molar-refractivity contribution in [1.82, 2.24) is 9.55 Å². The van der Waals surface area contributed by atoms with Gasteiger partial charge in [-0.15, -0.1) is 11.3 Å². The van der Waals surface area contributed by atoms with Gasteiger partial charge in [-0.1, -0.05) is 25.1 Å². The van der Waals surface area contributed by atoms with E-state index in [0.29, 0.717) is 15.9 Å². The van der Waals surface area contributed by atoms with Crippen LogP contribution in [0.4, 0.5) is 17.1 Å². The Bertz CT molecular complexity index is 1200. The van der Waals surface area contributed by atoms with Gasteiger partial charge in [-0.3, -0.25) is 14.2 Å². The first-order valence-corrected chi connectivity index (χ1v) is 10.1. The number of amides is 1. The minimum atomic E-state index is -0.275. The maximum atomic E-state index is 12.6. The van der Waals surface area contributed by atoms with E-state index in [-0.39, 0.29) is 18.0 Å². The molecule has 0 unspecified atom stereocenters. The molecule has 0 fully saturated rings. The highest BCUT2D eigenvalue weighted by Crippen LogP contribution is 2.21. The van der Waals surface area contributed by atoms with Crippen LogP contribution in [0, 0.1) is 0 Å². The second-order valence-electron chi connectivity index (χ2n) is 6.58. The van der Waals surface area contributed by atoms with Crippen LogP contribution in [0.3, 0.4) is 0 Å². The molecule has 2 aromatic carbocycles. The molecule has 0 radical (unpaired) electrons. The summed E-state index contributed by atoms with van der Waals surface area (Å²) in [4.78, 5) is 31.1. The number of fused-ring (bicyclic) bond motifs is 1. The van der Waals surface area contributed by atoms with Crippen molar-refractivity contribution in [3.63, 3.8) is 0 Å². The predicted octanol–water partition coefficient (Wildman–Crippen LogP) is 4.40. The Labute approximate surface area is 171 Å². The van der Waals surface area contributed by atoms with Gasteiger partial charge in [-0.2, -0.15) is 0 Å². The van der Waals surface area contributed by atoms with Crippen molar-refractivity contribution in [2.45, 2.75) is 19.9 Å². The van der Waals surface area contributed by atoms with Crippen molar-refractivity contribution in [2.24, 2.45) is 0 Å². The van der Waals surface area contributed by atoms with E-state index in [2.05, 4.69) is 15.6 Å². The number of hydrogen-bond donors (Lipinski definition) is 2. The van der Waals surface area contributed by atoms with E-state index in [0.717, 1.165) is 22.7 Å². The zero-order chi connectivity index (χ0) is 20.2. The van der Waals surface area contributed by atoms with Gasteiger partial charge < -0.3 is 10.6 Å². The average Bonchev–Trinajstić information content (AvgIpc) is 3.17. The zero-order valence-electron chi connectivity index (χ0n) is 15.9. The number of carbonyl (C=O) groups is 1. The lowest BCUT2D eigenvalue weighted by Crippen LogP contribution is -2.27. The number of aryl methyl sites for hydroxylation is 1. The normalized spacial score (nSPS) is 10.8. The number of nitrogens with zero attached hydrogens (tertiary/aromatic N) is 2. The van der Waals surface area contributed by atoms with E-state index in [1.165, 1.54) is 22.2 Å². The molecule has 2 N–H and O–H groups in total. The Morgan fingerprint density at radius 3 is 2.45 bits per heavy atom. The summed E-state index contributed by atoms with van der Waals surface area (Å²) in [6, 6.07) is 19.1. The largest absolute Gasteiger partial charge is 0.356 e. The maximum Gasteiger partial charge on any atom is 0.262 e. The van der Waals surface area contributed by atoms with Crippen molar-refractivity contribution in [3.8, 4) is 0 Å². The van der Waals surface area contributed by atoms with Gasteiger partial charge in [0, 0.05) is 21.9 Å².